The molecule has 2 rings (SSSR count). The van der Waals surface area contributed by atoms with Gasteiger partial charge in [0.1, 0.15) is 22.9 Å². The molecule has 0 radical (unpaired) electrons. The molecule has 1 aromatic heterocycles. The maximum absolute atomic E-state index is 11.1. The van der Waals surface area contributed by atoms with Crippen molar-refractivity contribution >= 4 is 17.3 Å². The van der Waals surface area contributed by atoms with Crippen molar-refractivity contribution in [2.75, 3.05) is 0 Å². The van der Waals surface area contributed by atoms with Crippen molar-refractivity contribution < 1.29 is 14.6 Å². The Morgan fingerprint density at radius 3 is 2.72 bits per heavy atom. The molecule has 0 spiro atoms. The third kappa shape index (κ3) is 2.87. The number of para-hydroxylation sites is 1. The predicted molar refractivity (Wildman–Crippen MR) is 69.2 cm³/mol. The van der Waals surface area contributed by atoms with Gasteiger partial charge in [-0.2, -0.15) is 0 Å². The molecule has 0 aliphatic rings. The lowest BCUT2D eigenvalue weighted by atomic mass is 10.3. The first-order valence-electron chi connectivity index (χ1n) is 5.60. The van der Waals surface area contributed by atoms with E-state index in [1.807, 2.05) is 37.3 Å². The maximum Gasteiger partial charge on any atom is 0.347 e. The van der Waals surface area contributed by atoms with Crippen molar-refractivity contribution in [2.45, 2.75) is 20.0 Å². The SMILES string of the molecule is CCc1nc(COc2ccccc2)c(C(=O)O)s1. The fourth-order valence-electron chi connectivity index (χ4n) is 1.49. The number of carbonyl (C=O) groups is 1. The second-order valence-corrected chi connectivity index (χ2v) is 4.73. The van der Waals surface area contributed by atoms with Gasteiger partial charge in [0.15, 0.2) is 0 Å². The first-order valence-corrected chi connectivity index (χ1v) is 6.42. The summed E-state index contributed by atoms with van der Waals surface area (Å²) in [6.07, 6.45) is 0.732. The van der Waals surface area contributed by atoms with Crippen LogP contribution in [-0.2, 0) is 13.0 Å². The molecule has 1 aromatic carbocycles. The molecule has 0 amide bonds. The molecule has 0 atom stereocenters. The van der Waals surface area contributed by atoms with Crippen molar-refractivity contribution in [1.82, 2.24) is 4.98 Å². The highest BCUT2D eigenvalue weighted by atomic mass is 32.1. The van der Waals surface area contributed by atoms with E-state index < -0.39 is 5.97 Å². The van der Waals surface area contributed by atoms with Crippen molar-refractivity contribution in [3.63, 3.8) is 0 Å². The lowest BCUT2D eigenvalue weighted by Crippen LogP contribution is -2.03. The molecule has 2 aromatic rings. The molecule has 0 aliphatic carbocycles. The van der Waals surface area contributed by atoms with E-state index in [1.54, 1.807) is 0 Å². The van der Waals surface area contributed by atoms with Crippen LogP contribution in [0.15, 0.2) is 30.3 Å². The van der Waals surface area contributed by atoms with Crippen LogP contribution in [-0.4, -0.2) is 16.1 Å². The third-order valence-corrected chi connectivity index (χ3v) is 3.59. The van der Waals surface area contributed by atoms with Gasteiger partial charge in [0.25, 0.3) is 0 Å². The van der Waals surface area contributed by atoms with E-state index in [2.05, 4.69) is 4.98 Å². The highest BCUT2D eigenvalue weighted by molar-refractivity contribution is 7.13. The number of benzene rings is 1. The smallest absolute Gasteiger partial charge is 0.347 e. The van der Waals surface area contributed by atoms with Gasteiger partial charge in [0.2, 0.25) is 0 Å². The standard InChI is InChI=1S/C13H13NO3S/c1-2-11-14-10(12(18-11)13(15)16)8-17-9-6-4-3-5-7-9/h3-7H,2,8H2,1H3,(H,15,16). The molecule has 18 heavy (non-hydrogen) atoms. The number of nitrogens with zero attached hydrogens (tertiary/aromatic N) is 1. The average molecular weight is 263 g/mol. The molecule has 4 nitrogen and oxygen atoms in total. The van der Waals surface area contributed by atoms with E-state index in [4.69, 9.17) is 9.84 Å². The second-order valence-electron chi connectivity index (χ2n) is 3.64. The molecular formula is C13H13NO3S. The maximum atomic E-state index is 11.1. The minimum atomic E-state index is -0.945. The highest BCUT2D eigenvalue weighted by Gasteiger charge is 2.16. The van der Waals surface area contributed by atoms with Crippen LogP contribution in [0.1, 0.15) is 27.3 Å². The van der Waals surface area contributed by atoms with E-state index >= 15 is 0 Å². The van der Waals surface area contributed by atoms with Gasteiger partial charge in [-0.15, -0.1) is 11.3 Å². The Morgan fingerprint density at radius 1 is 1.39 bits per heavy atom. The summed E-state index contributed by atoms with van der Waals surface area (Å²) in [6.45, 7) is 2.13. The lowest BCUT2D eigenvalue weighted by molar-refractivity contribution is 0.0699. The fraction of sp³-hybridized carbons (Fsp3) is 0.231. The van der Waals surface area contributed by atoms with Crippen molar-refractivity contribution in [3.05, 3.63) is 45.9 Å². The quantitative estimate of drug-likeness (QED) is 0.901. The van der Waals surface area contributed by atoms with Gasteiger partial charge < -0.3 is 9.84 Å². The first-order chi connectivity index (χ1) is 8.70. The number of hydrogen-bond donors (Lipinski definition) is 1. The van der Waals surface area contributed by atoms with Crippen LogP contribution in [0.4, 0.5) is 0 Å². The van der Waals surface area contributed by atoms with Crippen LogP contribution in [0.3, 0.4) is 0 Å². The van der Waals surface area contributed by atoms with Crippen LogP contribution in [0.5, 0.6) is 5.75 Å². The minimum absolute atomic E-state index is 0.183. The predicted octanol–water partition coefficient (Wildman–Crippen LogP) is 2.98. The lowest BCUT2D eigenvalue weighted by Gasteiger charge is -2.04. The summed E-state index contributed by atoms with van der Waals surface area (Å²) < 4.78 is 5.52. The number of hydrogen-bond acceptors (Lipinski definition) is 4. The first kappa shape index (κ1) is 12.6. The fourth-order valence-corrected chi connectivity index (χ4v) is 2.33. The van der Waals surface area contributed by atoms with E-state index in [9.17, 15) is 4.79 Å². The monoisotopic (exact) mass is 263 g/mol. The molecular weight excluding hydrogens is 250 g/mol. The van der Waals surface area contributed by atoms with Crippen LogP contribution >= 0.6 is 11.3 Å². The van der Waals surface area contributed by atoms with Gasteiger partial charge in [-0.25, -0.2) is 9.78 Å². The Balaban J connectivity index is 2.13. The van der Waals surface area contributed by atoms with Gasteiger partial charge in [-0.3, -0.25) is 0 Å². The third-order valence-electron chi connectivity index (χ3n) is 2.36. The van der Waals surface area contributed by atoms with Crippen LogP contribution < -0.4 is 4.74 Å². The molecule has 0 fully saturated rings. The van der Waals surface area contributed by atoms with Gasteiger partial charge in [0, 0.05) is 0 Å². The molecule has 0 unspecified atom stereocenters. The molecule has 94 valence electrons. The van der Waals surface area contributed by atoms with Crippen LogP contribution in [0, 0.1) is 0 Å². The number of aryl methyl sites for hydroxylation is 1. The topological polar surface area (TPSA) is 59.4 Å². The van der Waals surface area contributed by atoms with Crippen molar-refractivity contribution in [1.29, 1.82) is 0 Å². The van der Waals surface area contributed by atoms with Crippen LogP contribution in [0.2, 0.25) is 0 Å². The minimum Gasteiger partial charge on any atom is -0.487 e. The molecule has 1 N–H and O–H groups in total. The van der Waals surface area contributed by atoms with Crippen molar-refractivity contribution in [2.24, 2.45) is 0 Å². The molecule has 1 heterocycles. The summed E-state index contributed by atoms with van der Waals surface area (Å²) in [6, 6.07) is 9.28. The van der Waals surface area contributed by atoms with E-state index in [1.165, 1.54) is 11.3 Å². The van der Waals surface area contributed by atoms with Crippen LogP contribution in [0.25, 0.3) is 0 Å². The molecule has 0 aliphatic heterocycles. The second kappa shape index (κ2) is 5.64. The number of ether oxygens (including phenoxy) is 1. The Kier molecular flexibility index (Phi) is 3.94. The molecule has 0 saturated heterocycles. The number of rotatable bonds is 5. The Bertz CT molecular complexity index is 536. The highest BCUT2D eigenvalue weighted by Crippen LogP contribution is 2.21. The van der Waals surface area contributed by atoms with E-state index in [0.717, 1.165) is 11.4 Å². The zero-order valence-corrected chi connectivity index (χ0v) is 10.7. The van der Waals surface area contributed by atoms with Crippen molar-refractivity contribution in [3.8, 4) is 5.75 Å². The Hall–Kier alpha value is -1.88. The summed E-state index contributed by atoms with van der Waals surface area (Å²) in [4.78, 5) is 15.6. The van der Waals surface area contributed by atoms with Gasteiger partial charge in [0.05, 0.1) is 5.01 Å². The summed E-state index contributed by atoms with van der Waals surface area (Å²) in [5.74, 6) is -0.237. The summed E-state index contributed by atoms with van der Waals surface area (Å²) >= 11 is 1.21. The molecule has 0 bridgehead atoms. The summed E-state index contributed by atoms with van der Waals surface area (Å²) in [5, 5.41) is 9.91. The van der Waals surface area contributed by atoms with Gasteiger partial charge >= 0.3 is 5.97 Å². The number of carboxylic acids is 1. The van der Waals surface area contributed by atoms with Gasteiger partial charge in [-0.05, 0) is 18.6 Å². The van der Waals surface area contributed by atoms with Gasteiger partial charge in [-0.1, -0.05) is 25.1 Å². The summed E-state index contributed by atoms with van der Waals surface area (Å²) in [7, 11) is 0. The molecule has 5 heteroatoms. The Morgan fingerprint density at radius 2 is 2.11 bits per heavy atom. The zero-order valence-electron chi connectivity index (χ0n) is 9.92. The normalized spacial score (nSPS) is 10.3. The number of aromatic nitrogens is 1. The largest absolute Gasteiger partial charge is 0.487 e. The number of carboxylic acid groups (broad SMARTS) is 1. The molecule has 0 saturated carbocycles. The Labute approximate surface area is 109 Å². The summed E-state index contributed by atoms with van der Waals surface area (Å²) in [5.41, 5.74) is 0.494. The average Bonchev–Trinajstić information content (AvgIpc) is 2.81. The van der Waals surface area contributed by atoms with E-state index in [0.29, 0.717) is 11.4 Å². The zero-order chi connectivity index (χ0) is 13.0. The van der Waals surface area contributed by atoms with E-state index in [-0.39, 0.29) is 11.5 Å². The number of thiazole rings is 1. The number of aromatic carboxylic acids is 1.